The van der Waals surface area contributed by atoms with Crippen LogP contribution in [0.1, 0.15) is 72.7 Å². The average Bonchev–Trinajstić information content (AvgIpc) is 3.31. The van der Waals surface area contributed by atoms with Crippen LogP contribution in [0.15, 0.2) is 42.5 Å². The van der Waals surface area contributed by atoms with Gasteiger partial charge in [0.15, 0.2) is 0 Å². The maximum Gasteiger partial charge on any atom is 0.119 e. The number of hydrogen-bond acceptors (Lipinski definition) is 4. The van der Waals surface area contributed by atoms with Crippen LogP contribution in [0.4, 0.5) is 0 Å². The third kappa shape index (κ3) is 4.49. The number of nitriles is 1. The van der Waals surface area contributed by atoms with Crippen molar-refractivity contribution in [2.45, 2.75) is 50.5 Å². The Morgan fingerprint density at radius 3 is 2.58 bits per heavy atom. The van der Waals surface area contributed by atoms with Crippen molar-refractivity contribution in [3.05, 3.63) is 64.7 Å². The van der Waals surface area contributed by atoms with Gasteiger partial charge in [0, 0.05) is 25.0 Å². The molecule has 4 heteroatoms. The largest absolute Gasteiger partial charge is 0.494 e. The van der Waals surface area contributed by atoms with Crippen molar-refractivity contribution in [3.63, 3.8) is 0 Å². The molecule has 3 aliphatic rings. The summed E-state index contributed by atoms with van der Waals surface area (Å²) in [5, 5.41) is 9.14. The molecule has 3 heterocycles. The first-order valence-electron chi connectivity index (χ1n) is 12.0. The highest BCUT2D eigenvalue weighted by molar-refractivity contribution is 5.47. The minimum absolute atomic E-state index is 0.366. The molecule has 0 amide bonds. The van der Waals surface area contributed by atoms with Crippen molar-refractivity contribution < 1.29 is 4.74 Å². The molecule has 0 radical (unpaired) electrons. The molecular formula is C27H33N3O. The Balaban J connectivity index is 1.30. The van der Waals surface area contributed by atoms with E-state index in [1.54, 1.807) is 0 Å². The number of piperidine rings is 1. The lowest BCUT2D eigenvalue weighted by molar-refractivity contribution is 0.204. The first-order chi connectivity index (χ1) is 15.3. The van der Waals surface area contributed by atoms with Crippen LogP contribution >= 0.6 is 0 Å². The third-order valence-electron chi connectivity index (χ3n) is 7.35. The summed E-state index contributed by atoms with van der Waals surface area (Å²) in [6, 6.07) is 17.7. The fraction of sp³-hybridized carbons (Fsp3) is 0.519. The molecule has 0 aromatic heterocycles. The van der Waals surface area contributed by atoms with Crippen molar-refractivity contribution in [1.82, 2.24) is 9.80 Å². The molecule has 3 aliphatic heterocycles. The molecule has 0 N–H and O–H groups in total. The SMILES string of the molecule is N#Cc1ccc([C@@H]2CN3CCC[C@@H]3c3cc(OCCCN4CCCCC4)ccc32)cc1. The van der Waals surface area contributed by atoms with Gasteiger partial charge in [0.05, 0.1) is 18.2 Å². The molecule has 2 saturated heterocycles. The van der Waals surface area contributed by atoms with E-state index in [-0.39, 0.29) is 0 Å². The van der Waals surface area contributed by atoms with Gasteiger partial charge in [-0.25, -0.2) is 0 Å². The highest BCUT2D eigenvalue weighted by atomic mass is 16.5. The van der Waals surface area contributed by atoms with Gasteiger partial charge in [-0.1, -0.05) is 24.6 Å². The Labute approximate surface area is 186 Å². The predicted octanol–water partition coefficient (Wildman–Crippen LogP) is 5.10. The van der Waals surface area contributed by atoms with Crippen molar-refractivity contribution in [3.8, 4) is 11.8 Å². The Bertz CT molecular complexity index is 926. The highest BCUT2D eigenvalue weighted by Gasteiger charge is 2.36. The summed E-state index contributed by atoms with van der Waals surface area (Å²) in [6.07, 6.45) is 7.70. The first-order valence-corrected chi connectivity index (χ1v) is 12.0. The number of likely N-dealkylation sites (tertiary alicyclic amines) is 1. The van der Waals surface area contributed by atoms with Crippen molar-refractivity contribution in [1.29, 1.82) is 5.26 Å². The number of rotatable bonds is 6. The van der Waals surface area contributed by atoms with Crippen molar-refractivity contribution >= 4 is 0 Å². The molecule has 0 aliphatic carbocycles. The molecule has 0 bridgehead atoms. The molecule has 2 fully saturated rings. The fourth-order valence-corrected chi connectivity index (χ4v) is 5.71. The standard InChI is InChI=1S/C27H33N3O/c28-19-21-7-9-22(10-8-21)26-20-30-16-4-6-27(30)25-18-23(11-12-24(25)26)31-17-5-15-29-13-2-1-3-14-29/h7-12,18,26-27H,1-6,13-17,20H2/t26-,27+/m0/s1. The highest BCUT2D eigenvalue weighted by Crippen LogP contribution is 2.45. The summed E-state index contributed by atoms with van der Waals surface area (Å²) in [5.41, 5.74) is 4.92. The summed E-state index contributed by atoms with van der Waals surface area (Å²) in [5.74, 6) is 1.38. The van der Waals surface area contributed by atoms with E-state index < -0.39 is 0 Å². The van der Waals surface area contributed by atoms with Crippen LogP contribution in [0.25, 0.3) is 0 Å². The maximum absolute atomic E-state index is 9.14. The van der Waals surface area contributed by atoms with Crippen LogP contribution in [0.5, 0.6) is 5.75 Å². The van der Waals surface area contributed by atoms with Gasteiger partial charge in [-0.05, 0) is 92.7 Å². The zero-order chi connectivity index (χ0) is 21.0. The predicted molar refractivity (Wildman–Crippen MR) is 123 cm³/mol. The van der Waals surface area contributed by atoms with Crippen molar-refractivity contribution in [2.24, 2.45) is 0 Å². The minimum atomic E-state index is 0.366. The van der Waals surface area contributed by atoms with Gasteiger partial charge in [-0.15, -0.1) is 0 Å². The normalized spacial score (nSPS) is 23.7. The summed E-state index contributed by atoms with van der Waals surface area (Å²) in [7, 11) is 0. The number of ether oxygens (including phenoxy) is 1. The maximum atomic E-state index is 9.14. The van der Waals surface area contributed by atoms with Crippen LogP contribution in [0, 0.1) is 11.3 Å². The lowest BCUT2D eigenvalue weighted by Crippen LogP contribution is -2.34. The quantitative estimate of drug-likeness (QED) is 0.616. The summed E-state index contributed by atoms with van der Waals surface area (Å²) in [4.78, 5) is 5.23. The summed E-state index contributed by atoms with van der Waals surface area (Å²) < 4.78 is 6.20. The molecular weight excluding hydrogens is 382 g/mol. The summed E-state index contributed by atoms with van der Waals surface area (Å²) >= 11 is 0. The third-order valence-corrected chi connectivity index (χ3v) is 7.35. The van der Waals surface area contributed by atoms with E-state index in [0.717, 1.165) is 37.4 Å². The van der Waals surface area contributed by atoms with E-state index in [0.29, 0.717) is 12.0 Å². The minimum Gasteiger partial charge on any atom is -0.494 e. The second kappa shape index (κ2) is 9.42. The second-order valence-corrected chi connectivity index (χ2v) is 9.33. The van der Waals surface area contributed by atoms with E-state index >= 15 is 0 Å². The summed E-state index contributed by atoms with van der Waals surface area (Å²) in [6.45, 7) is 6.71. The Hall–Kier alpha value is -2.35. The monoisotopic (exact) mass is 415 g/mol. The number of benzene rings is 2. The van der Waals surface area contributed by atoms with E-state index in [1.165, 1.54) is 68.4 Å². The lowest BCUT2D eigenvalue weighted by Gasteiger charge is -2.37. The molecule has 2 aromatic rings. The first kappa shape index (κ1) is 20.5. The van der Waals surface area contributed by atoms with Crippen molar-refractivity contribution in [2.75, 3.05) is 39.3 Å². The zero-order valence-electron chi connectivity index (χ0n) is 18.4. The topological polar surface area (TPSA) is 39.5 Å². The Morgan fingerprint density at radius 2 is 1.77 bits per heavy atom. The van der Waals surface area contributed by atoms with Crippen LogP contribution < -0.4 is 4.74 Å². The molecule has 2 atom stereocenters. The average molecular weight is 416 g/mol. The molecule has 162 valence electrons. The fourth-order valence-electron chi connectivity index (χ4n) is 5.71. The van der Waals surface area contributed by atoms with Crippen LogP contribution in [0.3, 0.4) is 0 Å². The zero-order valence-corrected chi connectivity index (χ0v) is 18.4. The van der Waals surface area contributed by atoms with Gasteiger partial charge >= 0.3 is 0 Å². The van der Waals surface area contributed by atoms with Gasteiger partial charge in [0.25, 0.3) is 0 Å². The van der Waals surface area contributed by atoms with Gasteiger partial charge in [0.1, 0.15) is 5.75 Å². The van der Waals surface area contributed by atoms with Crippen LogP contribution in [-0.4, -0.2) is 49.1 Å². The molecule has 4 nitrogen and oxygen atoms in total. The number of nitrogens with zero attached hydrogens (tertiary/aromatic N) is 3. The van der Waals surface area contributed by atoms with Crippen LogP contribution in [-0.2, 0) is 0 Å². The molecule has 5 rings (SSSR count). The van der Waals surface area contributed by atoms with Gasteiger partial charge in [-0.3, -0.25) is 4.90 Å². The molecule has 2 aromatic carbocycles. The van der Waals surface area contributed by atoms with Crippen LogP contribution in [0.2, 0.25) is 0 Å². The lowest BCUT2D eigenvalue weighted by atomic mass is 9.81. The number of hydrogen-bond donors (Lipinski definition) is 0. The second-order valence-electron chi connectivity index (χ2n) is 9.33. The molecule has 0 spiro atoms. The van der Waals surface area contributed by atoms with Gasteiger partial charge < -0.3 is 9.64 Å². The molecule has 0 saturated carbocycles. The van der Waals surface area contributed by atoms with E-state index in [1.807, 2.05) is 12.1 Å². The smallest absolute Gasteiger partial charge is 0.119 e. The van der Waals surface area contributed by atoms with Gasteiger partial charge in [-0.2, -0.15) is 5.26 Å². The van der Waals surface area contributed by atoms with Gasteiger partial charge in [0.2, 0.25) is 0 Å². The Kier molecular flexibility index (Phi) is 6.25. The van der Waals surface area contributed by atoms with E-state index in [4.69, 9.17) is 10.00 Å². The molecule has 31 heavy (non-hydrogen) atoms. The van der Waals surface area contributed by atoms with E-state index in [9.17, 15) is 0 Å². The Morgan fingerprint density at radius 1 is 0.935 bits per heavy atom. The van der Waals surface area contributed by atoms with E-state index in [2.05, 4.69) is 46.2 Å². The molecule has 0 unspecified atom stereocenters. The number of fused-ring (bicyclic) bond motifs is 3.